The summed E-state index contributed by atoms with van der Waals surface area (Å²) in [7, 11) is -6.00. The Balaban J connectivity index is 2.02. The Morgan fingerprint density at radius 2 is 1.76 bits per heavy atom. The highest BCUT2D eigenvalue weighted by atomic mass is 32.2. The number of sulfone groups is 1. The van der Waals surface area contributed by atoms with Gasteiger partial charge in [0, 0.05) is 6.08 Å². The van der Waals surface area contributed by atoms with Crippen LogP contribution in [0.15, 0.2) is 46.4 Å². The van der Waals surface area contributed by atoms with Gasteiger partial charge < -0.3 is 18.6 Å². The summed E-state index contributed by atoms with van der Waals surface area (Å²) in [5.74, 6) is -0.788. The fourth-order valence-corrected chi connectivity index (χ4v) is 5.65. The second-order valence-corrected chi connectivity index (χ2v) is 16.2. The monoisotopic (exact) mass is 440 g/mol. The average molecular weight is 441 g/mol. The molecule has 0 amide bonds. The van der Waals surface area contributed by atoms with Crippen LogP contribution in [0.5, 0.6) is 0 Å². The highest BCUT2D eigenvalue weighted by molar-refractivity contribution is 7.95. The van der Waals surface area contributed by atoms with E-state index in [0.717, 1.165) is 0 Å². The minimum absolute atomic E-state index is 0.0339. The molecule has 1 aromatic carbocycles. The van der Waals surface area contributed by atoms with E-state index in [4.69, 9.17) is 18.6 Å². The van der Waals surface area contributed by atoms with Crippen molar-refractivity contribution >= 4 is 18.2 Å². The molecule has 6 nitrogen and oxygen atoms in total. The molecule has 0 unspecified atom stereocenters. The third-order valence-electron chi connectivity index (χ3n) is 5.83. The zero-order valence-corrected chi connectivity index (χ0v) is 20.1. The molecular weight excluding hydrogens is 408 g/mol. The van der Waals surface area contributed by atoms with Crippen molar-refractivity contribution in [2.24, 2.45) is 0 Å². The lowest BCUT2D eigenvalue weighted by molar-refractivity contribution is -0.318. The van der Waals surface area contributed by atoms with E-state index < -0.39 is 42.3 Å². The maximum absolute atomic E-state index is 13.2. The third-order valence-corrected chi connectivity index (χ3v) is 12.0. The van der Waals surface area contributed by atoms with Crippen molar-refractivity contribution in [3.05, 3.63) is 41.5 Å². The van der Waals surface area contributed by atoms with E-state index in [0.29, 0.717) is 0 Å². The Bertz CT molecular complexity index is 870. The van der Waals surface area contributed by atoms with Crippen molar-refractivity contribution in [3.8, 4) is 0 Å². The van der Waals surface area contributed by atoms with Crippen molar-refractivity contribution in [2.75, 3.05) is 6.61 Å². The van der Waals surface area contributed by atoms with Crippen LogP contribution in [0.2, 0.25) is 18.1 Å². The van der Waals surface area contributed by atoms with E-state index >= 15 is 0 Å². The first-order valence-electron chi connectivity index (χ1n) is 9.91. The molecule has 0 radical (unpaired) electrons. The summed E-state index contributed by atoms with van der Waals surface area (Å²) in [6.45, 7) is 14.6. The normalized spacial score (nSPS) is 27.6. The lowest BCUT2D eigenvalue weighted by Crippen LogP contribution is -2.59. The van der Waals surface area contributed by atoms with Crippen LogP contribution in [-0.4, -0.2) is 47.4 Å². The molecule has 0 saturated carbocycles. The molecule has 0 spiro atoms. The van der Waals surface area contributed by atoms with Crippen LogP contribution >= 0.6 is 0 Å². The Morgan fingerprint density at radius 3 is 2.34 bits per heavy atom. The van der Waals surface area contributed by atoms with E-state index in [2.05, 4.69) is 33.9 Å². The number of hydrogen-bond acceptors (Lipinski definition) is 6. The van der Waals surface area contributed by atoms with Crippen molar-refractivity contribution in [2.45, 2.75) is 81.7 Å². The lowest BCUT2D eigenvalue weighted by atomic mass is 10.0. The minimum atomic E-state index is -3.80. The van der Waals surface area contributed by atoms with E-state index in [9.17, 15) is 8.42 Å². The molecule has 3 atom stereocenters. The van der Waals surface area contributed by atoms with Gasteiger partial charge >= 0.3 is 0 Å². The topological polar surface area (TPSA) is 71.1 Å². The summed E-state index contributed by atoms with van der Waals surface area (Å²) < 4.78 is 50.7. The Labute approximate surface area is 175 Å². The quantitative estimate of drug-likeness (QED) is 0.652. The molecule has 0 aromatic heterocycles. The van der Waals surface area contributed by atoms with Crippen molar-refractivity contribution in [1.29, 1.82) is 0 Å². The van der Waals surface area contributed by atoms with Gasteiger partial charge in [0.15, 0.2) is 20.2 Å². The highest BCUT2D eigenvalue weighted by Crippen LogP contribution is 2.41. The van der Waals surface area contributed by atoms with Crippen LogP contribution < -0.4 is 0 Å². The van der Waals surface area contributed by atoms with Gasteiger partial charge in [0.1, 0.15) is 6.10 Å². The zero-order chi connectivity index (χ0) is 21.7. The first-order valence-corrected chi connectivity index (χ1v) is 14.3. The van der Waals surface area contributed by atoms with Gasteiger partial charge in [-0.15, -0.1) is 0 Å². The number of rotatable bonds is 4. The largest absolute Gasteiger partial charge is 0.474 e. The molecule has 2 heterocycles. The smallest absolute Gasteiger partial charge is 0.238 e. The first-order chi connectivity index (χ1) is 13.2. The average Bonchev–Trinajstić information content (AvgIpc) is 2.61. The fourth-order valence-electron chi connectivity index (χ4n) is 3.10. The van der Waals surface area contributed by atoms with Gasteiger partial charge in [-0.1, -0.05) is 39.0 Å². The maximum Gasteiger partial charge on any atom is 0.238 e. The molecule has 2 aliphatic rings. The van der Waals surface area contributed by atoms with Crippen LogP contribution in [0.3, 0.4) is 0 Å². The van der Waals surface area contributed by atoms with E-state index in [1.54, 1.807) is 36.4 Å². The van der Waals surface area contributed by atoms with Crippen molar-refractivity contribution in [3.63, 3.8) is 0 Å². The van der Waals surface area contributed by atoms with Gasteiger partial charge in [-0.3, -0.25) is 0 Å². The van der Waals surface area contributed by atoms with Gasteiger partial charge in [-0.25, -0.2) is 8.42 Å². The van der Waals surface area contributed by atoms with Gasteiger partial charge in [-0.05, 0) is 44.1 Å². The summed E-state index contributed by atoms with van der Waals surface area (Å²) in [5.41, 5.74) is 0. The Morgan fingerprint density at radius 1 is 1.14 bits per heavy atom. The van der Waals surface area contributed by atoms with Crippen molar-refractivity contribution in [1.82, 2.24) is 0 Å². The summed E-state index contributed by atoms with van der Waals surface area (Å²) in [5, 5.41) is -0.131. The van der Waals surface area contributed by atoms with E-state index in [1.807, 2.05) is 13.8 Å². The molecule has 0 N–H and O–H groups in total. The third kappa shape index (κ3) is 4.61. The lowest BCUT2D eigenvalue weighted by Gasteiger charge is -2.48. The molecule has 1 aromatic rings. The molecule has 1 saturated heterocycles. The fraction of sp³-hybridized carbons (Fsp3) is 0.619. The molecule has 162 valence electrons. The second kappa shape index (κ2) is 7.49. The SMILES string of the molecule is CC1(C)OC[C@H]2OC(S(=O)(=O)c3ccccc3)=C[C@@H](O[Si](C)(C)C(C)(C)C)[C@H]2O1. The zero-order valence-electron chi connectivity index (χ0n) is 18.3. The highest BCUT2D eigenvalue weighted by Gasteiger charge is 2.50. The summed E-state index contributed by atoms with van der Waals surface area (Å²) in [6.07, 6.45) is 0.0379. The summed E-state index contributed by atoms with van der Waals surface area (Å²) >= 11 is 0. The maximum atomic E-state index is 13.2. The molecule has 0 aliphatic carbocycles. The standard InChI is InChI=1S/C21H32O6SSi/c1-20(2,3)29(6,7)27-16-13-18(28(22,23)15-11-9-8-10-12-15)25-17-14-24-21(4,5)26-19(16)17/h8-13,16-17,19H,14H2,1-7H3/t16-,17-,19-/m1/s1. The van der Waals surface area contributed by atoms with Crippen molar-refractivity contribution < 1.29 is 27.1 Å². The molecular formula is C21H32O6SSi. The minimum Gasteiger partial charge on any atom is -0.474 e. The van der Waals surface area contributed by atoms with E-state index in [-0.39, 0.29) is 21.6 Å². The second-order valence-electron chi connectivity index (χ2n) is 9.59. The molecule has 29 heavy (non-hydrogen) atoms. The van der Waals surface area contributed by atoms with Crippen LogP contribution in [0.4, 0.5) is 0 Å². The van der Waals surface area contributed by atoms with Gasteiger partial charge in [-0.2, -0.15) is 0 Å². The van der Waals surface area contributed by atoms with Crippen LogP contribution in [0.1, 0.15) is 34.6 Å². The van der Waals surface area contributed by atoms with Gasteiger partial charge in [0.05, 0.1) is 17.6 Å². The predicted octanol–water partition coefficient (Wildman–Crippen LogP) is 4.24. The first kappa shape index (κ1) is 22.5. The molecule has 0 bridgehead atoms. The van der Waals surface area contributed by atoms with Crippen LogP contribution in [0.25, 0.3) is 0 Å². The van der Waals surface area contributed by atoms with Gasteiger partial charge in [0.25, 0.3) is 0 Å². The molecule has 1 fully saturated rings. The Kier molecular flexibility index (Phi) is 5.81. The summed E-state index contributed by atoms with van der Waals surface area (Å²) in [4.78, 5) is 0.189. The number of ether oxygens (including phenoxy) is 3. The van der Waals surface area contributed by atoms with Crippen LogP contribution in [0, 0.1) is 0 Å². The molecule has 2 aliphatic heterocycles. The van der Waals surface area contributed by atoms with E-state index in [1.165, 1.54) is 0 Å². The summed E-state index contributed by atoms with van der Waals surface area (Å²) in [6, 6.07) is 8.29. The molecule has 3 rings (SSSR count). The number of hydrogen-bond donors (Lipinski definition) is 0. The number of fused-ring (bicyclic) bond motifs is 1. The van der Waals surface area contributed by atoms with Gasteiger partial charge in [0.2, 0.25) is 14.9 Å². The predicted molar refractivity (Wildman–Crippen MR) is 114 cm³/mol. The van der Waals surface area contributed by atoms with Crippen LogP contribution in [-0.2, 0) is 28.5 Å². The number of benzene rings is 1. The molecule has 8 heteroatoms. The Hall–Kier alpha value is -1.19.